The Kier molecular flexibility index (Phi) is 8.08. The van der Waals surface area contributed by atoms with Crippen molar-refractivity contribution in [3.05, 3.63) is 194 Å². The van der Waals surface area contributed by atoms with Crippen LogP contribution in [0, 0.1) is 0 Å². The van der Waals surface area contributed by atoms with E-state index in [1.54, 1.807) is 0 Å². The van der Waals surface area contributed by atoms with Gasteiger partial charge in [-0.1, -0.05) is 158 Å². The lowest BCUT2D eigenvalue weighted by Gasteiger charge is -2.10. The number of aromatic nitrogens is 4. The molecule has 10 aromatic rings. The quantitative estimate of drug-likeness (QED) is 0.165. The van der Waals surface area contributed by atoms with Crippen LogP contribution in [0.15, 0.2) is 199 Å². The van der Waals surface area contributed by atoms with Crippen LogP contribution < -0.4 is 0 Å². The van der Waals surface area contributed by atoms with Crippen LogP contribution in [0.1, 0.15) is 0 Å². The van der Waals surface area contributed by atoms with Gasteiger partial charge in [-0.25, -0.2) is 15.0 Å². The highest BCUT2D eigenvalue weighted by atomic mass is 16.3. The van der Waals surface area contributed by atoms with Crippen LogP contribution in [-0.4, -0.2) is 19.9 Å². The number of benzene rings is 7. The molecule has 55 heavy (non-hydrogen) atoms. The third-order valence-electron chi connectivity index (χ3n) is 10.0. The molecule has 0 saturated carbocycles. The van der Waals surface area contributed by atoms with Gasteiger partial charge in [-0.2, -0.15) is 0 Å². The van der Waals surface area contributed by atoms with Crippen molar-refractivity contribution in [1.82, 2.24) is 19.9 Å². The fraction of sp³-hybridized carbons (Fsp3) is 0. The van der Waals surface area contributed by atoms with E-state index in [0.29, 0.717) is 17.5 Å². The molecule has 0 radical (unpaired) electrons. The zero-order valence-electron chi connectivity index (χ0n) is 29.7. The Morgan fingerprint density at radius 1 is 0.327 bits per heavy atom. The summed E-state index contributed by atoms with van der Waals surface area (Å²) in [6.07, 6.45) is 1.82. The molecule has 5 nitrogen and oxygen atoms in total. The standard InChI is InChI=1S/C50H32N4O/c1-3-10-33(11-4-1)35-17-25-39(26-18-35)48-52-49(40-27-19-36(20-28-40)34-12-5-2-6-13-34)54-50(53-48)41-29-30-43-46(32-41)55-45-16-9-14-42(47(43)45)37-21-23-38(24-22-37)44-15-7-8-31-51-44/h1-32H. The molecule has 258 valence electrons. The maximum atomic E-state index is 6.53. The van der Waals surface area contributed by atoms with Crippen molar-refractivity contribution in [1.29, 1.82) is 0 Å². The minimum Gasteiger partial charge on any atom is -0.456 e. The normalized spacial score (nSPS) is 11.3. The monoisotopic (exact) mass is 704 g/mol. The van der Waals surface area contributed by atoms with Gasteiger partial charge in [0.05, 0.1) is 5.69 Å². The molecule has 10 rings (SSSR count). The van der Waals surface area contributed by atoms with Crippen LogP contribution in [0.4, 0.5) is 0 Å². The molecule has 0 saturated heterocycles. The van der Waals surface area contributed by atoms with E-state index in [1.807, 2.05) is 54.7 Å². The summed E-state index contributed by atoms with van der Waals surface area (Å²) < 4.78 is 6.53. The van der Waals surface area contributed by atoms with Gasteiger partial charge in [-0.3, -0.25) is 4.98 Å². The van der Waals surface area contributed by atoms with E-state index in [0.717, 1.165) is 83.3 Å². The lowest BCUT2D eigenvalue weighted by Crippen LogP contribution is -2.00. The van der Waals surface area contributed by atoms with Gasteiger partial charge in [0, 0.05) is 39.2 Å². The van der Waals surface area contributed by atoms with E-state index in [1.165, 1.54) is 0 Å². The van der Waals surface area contributed by atoms with Crippen LogP contribution in [0.5, 0.6) is 0 Å². The number of fused-ring (bicyclic) bond motifs is 3. The van der Waals surface area contributed by atoms with Gasteiger partial charge in [-0.05, 0) is 63.7 Å². The van der Waals surface area contributed by atoms with Crippen LogP contribution >= 0.6 is 0 Å². The summed E-state index contributed by atoms with van der Waals surface area (Å²) in [4.78, 5) is 19.6. The predicted molar refractivity (Wildman–Crippen MR) is 223 cm³/mol. The number of nitrogens with zero attached hydrogens (tertiary/aromatic N) is 4. The first kappa shape index (κ1) is 32.2. The van der Waals surface area contributed by atoms with Gasteiger partial charge >= 0.3 is 0 Å². The smallest absolute Gasteiger partial charge is 0.164 e. The molecule has 0 spiro atoms. The highest BCUT2D eigenvalue weighted by Gasteiger charge is 2.17. The van der Waals surface area contributed by atoms with Crippen LogP contribution in [-0.2, 0) is 0 Å². The first-order chi connectivity index (χ1) is 27.2. The minimum atomic E-state index is 0.576. The molecular formula is C50H32N4O. The Balaban J connectivity index is 1.06. The number of rotatable bonds is 7. The topological polar surface area (TPSA) is 64.7 Å². The van der Waals surface area contributed by atoms with E-state index in [-0.39, 0.29) is 0 Å². The molecule has 5 heteroatoms. The Hall–Kier alpha value is -7.50. The van der Waals surface area contributed by atoms with E-state index < -0.39 is 0 Å². The molecule has 0 fully saturated rings. The maximum absolute atomic E-state index is 6.53. The summed E-state index contributed by atoms with van der Waals surface area (Å²) in [6.45, 7) is 0. The van der Waals surface area contributed by atoms with E-state index >= 15 is 0 Å². The lowest BCUT2D eigenvalue weighted by molar-refractivity contribution is 0.669. The van der Waals surface area contributed by atoms with Crippen molar-refractivity contribution in [3.63, 3.8) is 0 Å². The molecule has 0 aliphatic heterocycles. The first-order valence-electron chi connectivity index (χ1n) is 18.3. The van der Waals surface area contributed by atoms with Crippen molar-refractivity contribution >= 4 is 21.9 Å². The van der Waals surface area contributed by atoms with Gasteiger partial charge in [0.1, 0.15) is 11.2 Å². The molecule has 0 bridgehead atoms. The summed E-state index contributed by atoms with van der Waals surface area (Å²) in [5.41, 5.74) is 13.1. The Morgan fingerprint density at radius 2 is 0.818 bits per heavy atom. The third kappa shape index (κ3) is 6.24. The van der Waals surface area contributed by atoms with Crippen molar-refractivity contribution in [3.8, 4) is 78.8 Å². The van der Waals surface area contributed by atoms with Gasteiger partial charge in [-0.15, -0.1) is 0 Å². The molecule has 3 heterocycles. The first-order valence-corrected chi connectivity index (χ1v) is 18.3. The summed E-state index contributed by atoms with van der Waals surface area (Å²) in [5.74, 6) is 1.78. The SMILES string of the molecule is c1ccc(-c2ccc(-c3nc(-c4ccc(-c5ccccc5)cc4)nc(-c4ccc5c(c4)oc4cccc(-c6ccc(-c7ccccn7)cc6)c45)n3)cc2)cc1. The summed E-state index contributed by atoms with van der Waals surface area (Å²) >= 11 is 0. The van der Waals surface area contributed by atoms with Gasteiger partial charge in [0.2, 0.25) is 0 Å². The average molecular weight is 705 g/mol. The molecular weight excluding hydrogens is 673 g/mol. The Morgan fingerprint density at radius 3 is 1.40 bits per heavy atom. The molecule has 0 atom stereocenters. The average Bonchev–Trinajstić information content (AvgIpc) is 3.66. The van der Waals surface area contributed by atoms with Crippen molar-refractivity contribution in [2.45, 2.75) is 0 Å². The van der Waals surface area contributed by atoms with E-state index in [4.69, 9.17) is 19.4 Å². The molecule has 0 N–H and O–H groups in total. The molecule has 0 aliphatic rings. The second-order valence-electron chi connectivity index (χ2n) is 13.5. The predicted octanol–water partition coefficient (Wildman–Crippen LogP) is 12.8. The fourth-order valence-corrected chi connectivity index (χ4v) is 7.21. The number of pyridine rings is 1. The Labute approximate surface area is 318 Å². The fourth-order valence-electron chi connectivity index (χ4n) is 7.21. The zero-order chi connectivity index (χ0) is 36.6. The highest BCUT2D eigenvalue weighted by Crippen LogP contribution is 2.39. The number of hydrogen-bond acceptors (Lipinski definition) is 5. The number of hydrogen-bond donors (Lipinski definition) is 0. The molecule has 0 amide bonds. The summed E-state index contributed by atoms with van der Waals surface area (Å²) in [5, 5.41) is 2.11. The summed E-state index contributed by atoms with van der Waals surface area (Å²) in [6, 6.07) is 64.5. The largest absolute Gasteiger partial charge is 0.456 e. The van der Waals surface area contributed by atoms with Crippen molar-refractivity contribution in [2.75, 3.05) is 0 Å². The molecule has 0 unspecified atom stereocenters. The molecule has 7 aromatic carbocycles. The molecule has 3 aromatic heterocycles. The molecule has 0 aliphatic carbocycles. The van der Waals surface area contributed by atoms with Gasteiger partial charge < -0.3 is 4.42 Å². The van der Waals surface area contributed by atoms with Crippen molar-refractivity contribution < 1.29 is 4.42 Å². The van der Waals surface area contributed by atoms with E-state index in [9.17, 15) is 0 Å². The Bertz CT molecular complexity index is 2820. The van der Waals surface area contributed by atoms with Gasteiger partial charge in [0.15, 0.2) is 17.5 Å². The third-order valence-corrected chi connectivity index (χ3v) is 10.0. The second-order valence-corrected chi connectivity index (χ2v) is 13.5. The maximum Gasteiger partial charge on any atom is 0.164 e. The highest BCUT2D eigenvalue weighted by molar-refractivity contribution is 6.13. The van der Waals surface area contributed by atoms with Crippen LogP contribution in [0.25, 0.3) is 101 Å². The lowest BCUT2D eigenvalue weighted by atomic mass is 9.97. The summed E-state index contributed by atoms with van der Waals surface area (Å²) in [7, 11) is 0. The van der Waals surface area contributed by atoms with E-state index in [2.05, 4.69) is 145 Å². The zero-order valence-corrected chi connectivity index (χ0v) is 29.7. The van der Waals surface area contributed by atoms with Gasteiger partial charge in [0.25, 0.3) is 0 Å². The number of furan rings is 1. The minimum absolute atomic E-state index is 0.576. The van der Waals surface area contributed by atoms with Crippen LogP contribution in [0.3, 0.4) is 0 Å². The van der Waals surface area contributed by atoms with Crippen LogP contribution in [0.2, 0.25) is 0 Å². The second kappa shape index (κ2) is 13.8. The van der Waals surface area contributed by atoms with Crippen molar-refractivity contribution in [2.24, 2.45) is 0 Å².